The molecule has 178 valence electrons. The summed E-state index contributed by atoms with van der Waals surface area (Å²) in [5.41, 5.74) is 11.1. The first-order chi connectivity index (χ1) is 16.7. The van der Waals surface area contributed by atoms with Gasteiger partial charge in [0, 0.05) is 11.8 Å². The molecule has 3 aromatic rings. The zero-order chi connectivity index (χ0) is 24.9. The molecule has 0 aromatic heterocycles. The molecule has 3 unspecified atom stereocenters. The van der Waals surface area contributed by atoms with Gasteiger partial charge >= 0.3 is 0 Å². The second kappa shape index (κ2) is 8.50. The van der Waals surface area contributed by atoms with Crippen LogP contribution < -0.4 is 21.7 Å². The van der Waals surface area contributed by atoms with Gasteiger partial charge in [-0.25, -0.2) is 8.78 Å². The van der Waals surface area contributed by atoms with E-state index in [9.17, 15) is 23.2 Å². The van der Waals surface area contributed by atoms with E-state index in [4.69, 9.17) is 5.73 Å². The van der Waals surface area contributed by atoms with E-state index in [-0.39, 0.29) is 23.9 Å². The van der Waals surface area contributed by atoms with Crippen LogP contribution in [0.4, 0.5) is 14.5 Å². The van der Waals surface area contributed by atoms with E-state index in [1.165, 1.54) is 6.92 Å². The summed E-state index contributed by atoms with van der Waals surface area (Å²) in [4.78, 5) is 38.2. The minimum absolute atomic E-state index is 0.144. The van der Waals surface area contributed by atoms with Gasteiger partial charge in [0.2, 0.25) is 17.7 Å². The SMILES string of the molecule is CC(NC(=O)Cc1cc(F)cc(F)c1)C(=O)NC1C(=O)NC2c3cc(N)ccc3-c3cccc1c32. The molecule has 0 bridgehead atoms. The van der Waals surface area contributed by atoms with Crippen molar-refractivity contribution < 1.29 is 23.2 Å². The first-order valence-electron chi connectivity index (χ1n) is 11.1. The molecule has 5 N–H and O–H groups in total. The molecular formula is C26H22F2N4O3. The Morgan fingerprint density at radius 2 is 1.77 bits per heavy atom. The zero-order valence-electron chi connectivity index (χ0n) is 18.7. The van der Waals surface area contributed by atoms with E-state index < -0.39 is 35.5 Å². The molecule has 3 aromatic carbocycles. The summed E-state index contributed by atoms with van der Waals surface area (Å²) in [7, 11) is 0. The standard InChI is InChI=1S/C26H22F2N4O3/c1-12(30-21(33)9-13-7-14(27)10-15(28)8-13)25(34)32-24-19-4-2-3-18-17-6-5-16(29)11-20(17)23(22(18)19)31-26(24)35/h2-8,10-12,23-24H,9,29H2,1H3,(H,30,33)(H,31,35)(H,32,34). The summed E-state index contributed by atoms with van der Waals surface area (Å²) in [6, 6.07) is 11.7. The Balaban J connectivity index is 1.32. The number of hydrogen-bond donors (Lipinski definition) is 4. The molecule has 5 rings (SSSR count). The lowest BCUT2D eigenvalue weighted by Crippen LogP contribution is -2.51. The summed E-state index contributed by atoms with van der Waals surface area (Å²) in [6.45, 7) is 1.47. The van der Waals surface area contributed by atoms with Gasteiger partial charge in [0.05, 0.1) is 12.5 Å². The monoisotopic (exact) mass is 476 g/mol. The molecule has 1 aliphatic carbocycles. The van der Waals surface area contributed by atoms with Crippen LogP contribution in [0.2, 0.25) is 0 Å². The number of nitrogens with two attached hydrogens (primary N) is 1. The second-order valence-electron chi connectivity index (χ2n) is 8.78. The maximum absolute atomic E-state index is 13.4. The topological polar surface area (TPSA) is 113 Å². The van der Waals surface area contributed by atoms with Gasteiger partial charge in [-0.05, 0) is 64.6 Å². The maximum atomic E-state index is 13.4. The number of carbonyl (C=O) groups is 3. The first kappa shape index (κ1) is 22.5. The number of nitrogen functional groups attached to an aromatic ring is 1. The molecule has 1 aliphatic heterocycles. The third-order valence-corrected chi connectivity index (χ3v) is 6.31. The molecule has 0 radical (unpaired) electrons. The average Bonchev–Trinajstić information content (AvgIpc) is 3.09. The first-order valence-corrected chi connectivity index (χ1v) is 11.1. The average molecular weight is 476 g/mol. The minimum Gasteiger partial charge on any atom is -0.399 e. The van der Waals surface area contributed by atoms with Crippen molar-refractivity contribution >= 4 is 23.4 Å². The van der Waals surface area contributed by atoms with Crippen molar-refractivity contribution in [2.24, 2.45) is 0 Å². The summed E-state index contributed by atoms with van der Waals surface area (Å²) >= 11 is 0. The highest BCUT2D eigenvalue weighted by molar-refractivity contribution is 5.96. The number of rotatable bonds is 5. The molecule has 1 heterocycles. The lowest BCUT2D eigenvalue weighted by molar-refractivity contribution is -0.132. The fourth-order valence-electron chi connectivity index (χ4n) is 4.80. The lowest BCUT2D eigenvalue weighted by atomic mass is 9.89. The van der Waals surface area contributed by atoms with Crippen molar-refractivity contribution in [3.63, 3.8) is 0 Å². The number of carbonyl (C=O) groups excluding carboxylic acids is 3. The van der Waals surface area contributed by atoms with Gasteiger partial charge in [-0.2, -0.15) is 0 Å². The van der Waals surface area contributed by atoms with Gasteiger partial charge in [0.1, 0.15) is 23.7 Å². The predicted octanol–water partition coefficient (Wildman–Crippen LogP) is 2.65. The number of benzene rings is 3. The normalized spacial score (nSPS) is 18.2. The van der Waals surface area contributed by atoms with Crippen molar-refractivity contribution in [2.45, 2.75) is 31.5 Å². The Bertz CT molecular complexity index is 1370. The van der Waals surface area contributed by atoms with E-state index in [0.29, 0.717) is 17.3 Å². The summed E-state index contributed by atoms with van der Waals surface area (Å²) in [5, 5.41) is 8.19. The lowest BCUT2D eigenvalue weighted by Gasteiger charge is -2.31. The van der Waals surface area contributed by atoms with Crippen molar-refractivity contribution in [1.82, 2.24) is 16.0 Å². The van der Waals surface area contributed by atoms with E-state index in [2.05, 4.69) is 16.0 Å². The van der Waals surface area contributed by atoms with Gasteiger partial charge in [-0.15, -0.1) is 0 Å². The van der Waals surface area contributed by atoms with Gasteiger partial charge in [-0.3, -0.25) is 14.4 Å². The van der Waals surface area contributed by atoms with Gasteiger partial charge in [0.15, 0.2) is 0 Å². The number of hydrogen-bond acceptors (Lipinski definition) is 4. The van der Waals surface area contributed by atoms with Crippen LogP contribution >= 0.6 is 0 Å². The molecule has 7 nitrogen and oxygen atoms in total. The fraction of sp³-hybridized carbons (Fsp3) is 0.192. The van der Waals surface area contributed by atoms with E-state index >= 15 is 0 Å². The van der Waals surface area contributed by atoms with Crippen molar-refractivity contribution in [2.75, 3.05) is 5.73 Å². The number of halogens is 2. The van der Waals surface area contributed by atoms with Crippen molar-refractivity contribution in [3.8, 4) is 11.1 Å². The van der Waals surface area contributed by atoms with Gasteiger partial charge in [0.25, 0.3) is 0 Å². The molecule has 0 spiro atoms. The number of nitrogens with one attached hydrogen (secondary N) is 3. The summed E-state index contributed by atoms with van der Waals surface area (Å²) in [5.74, 6) is -3.11. The quantitative estimate of drug-likeness (QED) is 0.424. The Morgan fingerprint density at radius 3 is 2.51 bits per heavy atom. The largest absolute Gasteiger partial charge is 0.399 e. The predicted molar refractivity (Wildman–Crippen MR) is 125 cm³/mol. The zero-order valence-corrected chi connectivity index (χ0v) is 18.7. The maximum Gasteiger partial charge on any atom is 0.247 e. The van der Waals surface area contributed by atoms with Crippen LogP contribution in [0.15, 0.2) is 54.6 Å². The Labute approximate surface area is 199 Å². The number of amides is 3. The van der Waals surface area contributed by atoms with E-state index in [1.807, 2.05) is 24.3 Å². The smallest absolute Gasteiger partial charge is 0.247 e. The van der Waals surface area contributed by atoms with Crippen LogP contribution in [-0.2, 0) is 20.8 Å². The van der Waals surface area contributed by atoms with Gasteiger partial charge < -0.3 is 21.7 Å². The fourth-order valence-corrected chi connectivity index (χ4v) is 4.80. The molecule has 0 saturated heterocycles. The molecule has 0 fully saturated rings. The summed E-state index contributed by atoms with van der Waals surface area (Å²) < 4.78 is 26.7. The third-order valence-electron chi connectivity index (χ3n) is 6.31. The molecule has 3 amide bonds. The van der Waals surface area contributed by atoms with Gasteiger partial charge in [-0.1, -0.05) is 24.3 Å². The van der Waals surface area contributed by atoms with E-state index in [1.54, 1.807) is 12.1 Å². The van der Waals surface area contributed by atoms with Crippen LogP contribution in [0.3, 0.4) is 0 Å². The molecule has 2 aliphatic rings. The van der Waals surface area contributed by atoms with Crippen molar-refractivity contribution in [3.05, 3.63) is 88.5 Å². The summed E-state index contributed by atoms with van der Waals surface area (Å²) in [6.07, 6.45) is -0.300. The highest BCUT2D eigenvalue weighted by Crippen LogP contribution is 2.48. The van der Waals surface area contributed by atoms with Crippen LogP contribution in [0, 0.1) is 11.6 Å². The molecule has 35 heavy (non-hydrogen) atoms. The second-order valence-corrected chi connectivity index (χ2v) is 8.78. The molecular weight excluding hydrogens is 454 g/mol. The van der Waals surface area contributed by atoms with Crippen LogP contribution in [0.5, 0.6) is 0 Å². The Hall–Kier alpha value is -4.27. The number of anilines is 1. The van der Waals surface area contributed by atoms with E-state index in [0.717, 1.165) is 34.4 Å². The van der Waals surface area contributed by atoms with Crippen molar-refractivity contribution in [1.29, 1.82) is 0 Å². The van der Waals surface area contributed by atoms with Crippen LogP contribution in [0.1, 0.15) is 41.3 Å². The highest BCUT2D eigenvalue weighted by Gasteiger charge is 2.41. The van der Waals surface area contributed by atoms with Crippen LogP contribution in [-0.4, -0.2) is 23.8 Å². The highest BCUT2D eigenvalue weighted by atomic mass is 19.1. The molecule has 3 atom stereocenters. The third kappa shape index (κ3) is 4.09. The Morgan fingerprint density at radius 1 is 1.03 bits per heavy atom. The number of fused-ring (bicyclic) bond motifs is 3. The van der Waals surface area contributed by atoms with Crippen LogP contribution in [0.25, 0.3) is 11.1 Å². The Kier molecular flexibility index (Phi) is 5.47. The minimum atomic E-state index is -0.986. The molecule has 9 heteroatoms. The molecule has 0 saturated carbocycles.